The van der Waals surface area contributed by atoms with Gasteiger partial charge in [0.15, 0.2) is 0 Å². The molecule has 1 aromatic carbocycles. The Bertz CT molecular complexity index is 701. The Morgan fingerprint density at radius 2 is 1.62 bits per heavy atom. The summed E-state index contributed by atoms with van der Waals surface area (Å²) in [5.74, 6) is -1.31. The third-order valence-corrected chi connectivity index (χ3v) is 6.66. The van der Waals surface area contributed by atoms with Crippen molar-refractivity contribution in [2.24, 2.45) is 10.8 Å². The Labute approximate surface area is 175 Å². The van der Waals surface area contributed by atoms with E-state index < -0.39 is 17.4 Å². The van der Waals surface area contributed by atoms with Crippen molar-refractivity contribution >= 4 is 11.9 Å². The molecule has 1 aliphatic carbocycles. The number of aliphatic carboxylic acids is 2. The molecule has 0 radical (unpaired) electrons. The highest BCUT2D eigenvalue weighted by atomic mass is 16.4. The highest BCUT2D eigenvalue weighted by Crippen LogP contribution is 2.50. The summed E-state index contributed by atoms with van der Waals surface area (Å²) in [5, 5.41) is 18.4. The third-order valence-electron chi connectivity index (χ3n) is 6.66. The molecule has 0 aromatic heterocycles. The third kappa shape index (κ3) is 7.17. The zero-order valence-electron chi connectivity index (χ0n) is 18.4. The summed E-state index contributed by atoms with van der Waals surface area (Å²) in [5.41, 5.74) is 3.10. The van der Waals surface area contributed by atoms with Gasteiger partial charge in [0.1, 0.15) is 0 Å². The second-order valence-corrected chi connectivity index (χ2v) is 9.66. The van der Waals surface area contributed by atoms with Gasteiger partial charge in [-0.25, -0.2) is 0 Å². The molecule has 0 unspecified atom stereocenters. The summed E-state index contributed by atoms with van der Waals surface area (Å²) in [6, 6.07) is 6.76. The quantitative estimate of drug-likeness (QED) is 0.365. The molecule has 0 heterocycles. The first-order valence-electron chi connectivity index (χ1n) is 11.2. The monoisotopic (exact) mass is 402 g/mol. The molecule has 1 aromatic rings. The van der Waals surface area contributed by atoms with Crippen LogP contribution in [0.5, 0.6) is 0 Å². The molecule has 4 heteroatoms. The minimum absolute atomic E-state index is 0.386. The van der Waals surface area contributed by atoms with Crippen LogP contribution in [-0.4, -0.2) is 22.2 Å². The fourth-order valence-electron chi connectivity index (χ4n) is 4.05. The lowest BCUT2D eigenvalue weighted by atomic mass is 9.87. The van der Waals surface area contributed by atoms with E-state index in [0.29, 0.717) is 0 Å². The fourth-order valence-corrected chi connectivity index (χ4v) is 4.05. The van der Waals surface area contributed by atoms with Gasteiger partial charge in [-0.2, -0.15) is 0 Å². The van der Waals surface area contributed by atoms with Crippen molar-refractivity contribution in [2.75, 3.05) is 0 Å². The van der Waals surface area contributed by atoms with E-state index in [1.54, 1.807) is 13.8 Å². The lowest BCUT2D eigenvalue weighted by Gasteiger charge is -2.18. The second-order valence-electron chi connectivity index (χ2n) is 9.66. The maximum Gasteiger partial charge on any atom is 0.309 e. The Hall–Kier alpha value is -1.84. The van der Waals surface area contributed by atoms with Gasteiger partial charge in [0.2, 0.25) is 0 Å². The molecule has 0 atom stereocenters. The molecule has 0 aliphatic heterocycles. The van der Waals surface area contributed by atoms with Gasteiger partial charge in [-0.1, -0.05) is 43.9 Å². The molecule has 162 valence electrons. The Kier molecular flexibility index (Phi) is 8.30. The van der Waals surface area contributed by atoms with Gasteiger partial charge in [0.05, 0.1) is 10.8 Å². The number of unbranched alkanes of at least 4 members (excludes halogenated alkanes) is 4. The summed E-state index contributed by atoms with van der Waals surface area (Å²) in [6.45, 7) is 5.78. The van der Waals surface area contributed by atoms with Crippen LogP contribution in [0.4, 0.5) is 0 Å². The zero-order chi connectivity index (χ0) is 21.5. The van der Waals surface area contributed by atoms with Gasteiger partial charge in [0, 0.05) is 0 Å². The number of aryl methyl sites for hydroxylation is 3. The van der Waals surface area contributed by atoms with Gasteiger partial charge < -0.3 is 10.2 Å². The predicted molar refractivity (Wildman–Crippen MR) is 116 cm³/mol. The van der Waals surface area contributed by atoms with Crippen LogP contribution in [0, 0.1) is 17.8 Å². The van der Waals surface area contributed by atoms with Crippen LogP contribution >= 0.6 is 0 Å². The summed E-state index contributed by atoms with van der Waals surface area (Å²) in [6.07, 6.45) is 11.8. The van der Waals surface area contributed by atoms with Gasteiger partial charge in [0.25, 0.3) is 0 Å². The van der Waals surface area contributed by atoms with Crippen LogP contribution in [-0.2, 0) is 22.4 Å². The molecule has 2 N–H and O–H groups in total. The number of hydrogen-bond acceptors (Lipinski definition) is 2. The number of benzene rings is 1. The van der Waals surface area contributed by atoms with E-state index in [9.17, 15) is 14.7 Å². The first kappa shape index (κ1) is 23.4. The minimum atomic E-state index is -0.706. The van der Waals surface area contributed by atoms with Gasteiger partial charge in [-0.05, 0) is 88.8 Å². The number of carboxylic acid groups (broad SMARTS) is 2. The smallest absolute Gasteiger partial charge is 0.309 e. The normalized spacial score (nSPS) is 15.3. The van der Waals surface area contributed by atoms with Crippen molar-refractivity contribution in [3.05, 3.63) is 34.9 Å². The van der Waals surface area contributed by atoms with Crippen LogP contribution < -0.4 is 0 Å². The van der Waals surface area contributed by atoms with E-state index in [0.717, 1.165) is 77.0 Å². The van der Waals surface area contributed by atoms with E-state index in [-0.39, 0.29) is 5.41 Å². The molecule has 1 fully saturated rings. The highest BCUT2D eigenvalue weighted by molar-refractivity contribution is 5.77. The predicted octanol–water partition coefficient (Wildman–Crippen LogP) is 6.18. The van der Waals surface area contributed by atoms with Gasteiger partial charge in [-0.15, -0.1) is 0 Å². The Morgan fingerprint density at radius 1 is 0.966 bits per heavy atom. The lowest BCUT2D eigenvalue weighted by Crippen LogP contribution is -2.23. The van der Waals surface area contributed by atoms with Crippen LogP contribution in [0.25, 0.3) is 0 Å². The molecule has 0 saturated heterocycles. The number of carbonyl (C=O) groups is 2. The SMILES string of the molecule is Cc1cc(CCCCC2(C(=O)O)CC2)ccc1CCCCCCC(C)(C)C(=O)O. The van der Waals surface area contributed by atoms with Crippen molar-refractivity contribution in [3.8, 4) is 0 Å². The molecule has 0 amide bonds. The topological polar surface area (TPSA) is 74.6 Å². The summed E-state index contributed by atoms with van der Waals surface area (Å²) < 4.78 is 0. The van der Waals surface area contributed by atoms with Crippen molar-refractivity contribution < 1.29 is 19.8 Å². The molecule has 0 spiro atoms. The number of rotatable bonds is 14. The molecule has 1 aliphatic rings. The standard InChI is InChI=1S/C25H38O4/c1-19-18-20(10-7-9-15-25(16-17-25)23(28)29)12-13-21(19)11-6-4-5-8-14-24(2,3)22(26)27/h12-13,18H,4-11,14-17H2,1-3H3,(H,26,27)(H,28,29). The summed E-state index contributed by atoms with van der Waals surface area (Å²) in [7, 11) is 0. The van der Waals surface area contributed by atoms with Crippen LogP contribution in [0.3, 0.4) is 0 Å². The van der Waals surface area contributed by atoms with E-state index in [1.165, 1.54) is 16.7 Å². The Morgan fingerprint density at radius 3 is 2.21 bits per heavy atom. The van der Waals surface area contributed by atoms with Crippen molar-refractivity contribution in [2.45, 2.75) is 97.8 Å². The van der Waals surface area contributed by atoms with Crippen LogP contribution in [0.1, 0.15) is 94.7 Å². The fraction of sp³-hybridized carbons (Fsp3) is 0.680. The first-order chi connectivity index (χ1) is 13.7. The average Bonchev–Trinajstić information content (AvgIpc) is 3.44. The maximum atomic E-state index is 11.2. The molecule has 4 nitrogen and oxygen atoms in total. The zero-order valence-corrected chi connectivity index (χ0v) is 18.4. The van der Waals surface area contributed by atoms with Crippen molar-refractivity contribution in [1.82, 2.24) is 0 Å². The number of hydrogen-bond donors (Lipinski definition) is 2. The second kappa shape index (κ2) is 10.3. The molecule has 1 saturated carbocycles. The highest BCUT2D eigenvalue weighted by Gasteiger charge is 2.49. The van der Waals surface area contributed by atoms with Gasteiger partial charge >= 0.3 is 11.9 Å². The lowest BCUT2D eigenvalue weighted by molar-refractivity contribution is -0.147. The van der Waals surface area contributed by atoms with Crippen LogP contribution in [0.2, 0.25) is 0 Å². The number of carboxylic acids is 2. The first-order valence-corrected chi connectivity index (χ1v) is 11.2. The average molecular weight is 403 g/mol. The van der Waals surface area contributed by atoms with E-state index in [4.69, 9.17) is 5.11 Å². The summed E-state index contributed by atoms with van der Waals surface area (Å²) in [4.78, 5) is 22.3. The van der Waals surface area contributed by atoms with Crippen LogP contribution in [0.15, 0.2) is 18.2 Å². The minimum Gasteiger partial charge on any atom is -0.481 e. The molecule has 0 bridgehead atoms. The molecule has 2 rings (SSSR count). The van der Waals surface area contributed by atoms with Crippen molar-refractivity contribution in [3.63, 3.8) is 0 Å². The molecule has 29 heavy (non-hydrogen) atoms. The maximum absolute atomic E-state index is 11.2. The van der Waals surface area contributed by atoms with E-state index >= 15 is 0 Å². The van der Waals surface area contributed by atoms with Gasteiger partial charge in [-0.3, -0.25) is 9.59 Å². The van der Waals surface area contributed by atoms with E-state index in [2.05, 4.69) is 25.1 Å². The van der Waals surface area contributed by atoms with Crippen molar-refractivity contribution in [1.29, 1.82) is 0 Å². The largest absolute Gasteiger partial charge is 0.481 e. The molecular weight excluding hydrogens is 364 g/mol. The Balaban J connectivity index is 1.63. The summed E-state index contributed by atoms with van der Waals surface area (Å²) >= 11 is 0. The van der Waals surface area contributed by atoms with E-state index in [1.807, 2.05) is 0 Å². The molecular formula is C25H38O4.